The van der Waals surface area contributed by atoms with Gasteiger partial charge in [0.05, 0.1) is 18.2 Å². The minimum Gasteiger partial charge on any atom is -0.442 e. The fraction of sp³-hybridized carbons (Fsp3) is 0.650. The maximum atomic E-state index is 12.0. The van der Waals surface area contributed by atoms with Crippen LogP contribution in [-0.4, -0.2) is 30.9 Å². The third-order valence-corrected chi connectivity index (χ3v) is 5.97. The molecule has 0 radical (unpaired) electrons. The van der Waals surface area contributed by atoms with Gasteiger partial charge in [0, 0.05) is 12.6 Å². The van der Waals surface area contributed by atoms with Crippen molar-refractivity contribution >= 4 is 6.09 Å². The molecule has 4 rings (SSSR count). The number of hydrazine groups is 1. The third kappa shape index (κ3) is 3.72. The molecule has 4 unspecified atom stereocenters. The van der Waals surface area contributed by atoms with Crippen molar-refractivity contribution in [3.05, 3.63) is 35.4 Å². The van der Waals surface area contributed by atoms with Gasteiger partial charge in [-0.25, -0.2) is 10.2 Å². The standard InChI is InChI=1S/C20H29N3O3/c1-12-8-9-21-20(24)26-13(2)14-4-3-5-15(10-14)19-17-11-16(25-12)6-7-18(17)22-23-19/h3-5,10,12-13,16-19,22-23H,6-9,11H2,1-2H3,(H,21,24)/t12-,13-,16?,17?,18?,19?/m1/s1. The quantitative estimate of drug-likeness (QED) is 0.664. The lowest BCUT2D eigenvalue weighted by molar-refractivity contribution is -0.0381. The van der Waals surface area contributed by atoms with E-state index in [2.05, 4.69) is 41.3 Å². The average Bonchev–Trinajstić information content (AvgIpc) is 3.04. The van der Waals surface area contributed by atoms with Crippen molar-refractivity contribution in [2.75, 3.05) is 6.54 Å². The summed E-state index contributed by atoms with van der Waals surface area (Å²) in [4.78, 5) is 12.0. The van der Waals surface area contributed by atoms with Crippen molar-refractivity contribution in [2.24, 2.45) is 5.92 Å². The first-order valence-electron chi connectivity index (χ1n) is 9.81. The number of carbonyl (C=O) groups is 1. The summed E-state index contributed by atoms with van der Waals surface area (Å²) >= 11 is 0. The van der Waals surface area contributed by atoms with Gasteiger partial charge in [0.2, 0.25) is 0 Å². The highest BCUT2D eigenvalue weighted by Gasteiger charge is 2.41. The molecular formula is C20H29N3O3. The number of alkyl carbamates (subject to hydrolysis) is 1. The van der Waals surface area contributed by atoms with Crippen LogP contribution in [0.4, 0.5) is 4.79 Å². The monoisotopic (exact) mass is 359 g/mol. The van der Waals surface area contributed by atoms with E-state index in [1.54, 1.807) is 0 Å². The maximum Gasteiger partial charge on any atom is 0.407 e. The number of nitrogens with one attached hydrogen (secondary N) is 3. The minimum atomic E-state index is -0.371. The van der Waals surface area contributed by atoms with Crippen molar-refractivity contribution in [3.8, 4) is 0 Å². The van der Waals surface area contributed by atoms with E-state index >= 15 is 0 Å². The van der Waals surface area contributed by atoms with Gasteiger partial charge in [0.15, 0.2) is 0 Å². The van der Waals surface area contributed by atoms with Crippen LogP contribution in [0, 0.1) is 5.92 Å². The fourth-order valence-electron chi connectivity index (χ4n) is 4.52. The molecule has 2 aliphatic heterocycles. The minimum absolute atomic E-state index is 0.126. The SMILES string of the molecule is C[C@@H]1CCNC(=O)O[C@H](C)c2cccc(c2)C2NNC3CCC(CC32)O1. The van der Waals surface area contributed by atoms with E-state index < -0.39 is 0 Å². The van der Waals surface area contributed by atoms with Gasteiger partial charge in [-0.15, -0.1) is 0 Å². The van der Waals surface area contributed by atoms with Crippen molar-refractivity contribution in [1.29, 1.82) is 0 Å². The topological polar surface area (TPSA) is 71.6 Å². The lowest BCUT2D eigenvalue weighted by atomic mass is 9.78. The van der Waals surface area contributed by atoms with E-state index in [0.29, 0.717) is 18.5 Å². The van der Waals surface area contributed by atoms with Crippen LogP contribution in [0.1, 0.15) is 62.8 Å². The number of ether oxygens (including phenoxy) is 2. The van der Waals surface area contributed by atoms with E-state index in [1.165, 1.54) is 5.56 Å². The molecule has 0 spiro atoms. The van der Waals surface area contributed by atoms with E-state index in [0.717, 1.165) is 31.2 Å². The molecule has 1 saturated carbocycles. The van der Waals surface area contributed by atoms with Crippen LogP contribution in [0.3, 0.4) is 0 Å². The van der Waals surface area contributed by atoms with Crippen LogP contribution in [-0.2, 0) is 9.47 Å². The van der Waals surface area contributed by atoms with E-state index in [9.17, 15) is 4.79 Å². The molecule has 0 aromatic heterocycles. The average molecular weight is 359 g/mol. The number of hydrogen-bond acceptors (Lipinski definition) is 5. The molecule has 2 fully saturated rings. The van der Waals surface area contributed by atoms with Crippen LogP contribution in [0.2, 0.25) is 0 Å². The summed E-state index contributed by atoms with van der Waals surface area (Å²) in [5.74, 6) is 0.511. The van der Waals surface area contributed by atoms with Gasteiger partial charge in [-0.1, -0.05) is 24.3 Å². The second-order valence-corrected chi connectivity index (χ2v) is 7.85. The highest BCUT2D eigenvalue weighted by molar-refractivity contribution is 5.67. The Labute approximate surface area is 155 Å². The molecule has 1 aliphatic carbocycles. The smallest absolute Gasteiger partial charge is 0.407 e. The summed E-state index contributed by atoms with van der Waals surface area (Å²) in [5, 5.41) is 2.84. The van der Waals surface area contributed by atoms with Gasteiger partial charge in [-0.2, -0.15) is 0 Å². The number of rotatable bonds is 0. The predicted molar refractivity (Wildman–Crippen MR) is 98.4 cm³/mol. The highest BCUT2D eigenvalue weighted by atomic mass is 16.6. The van der Waals surface area contributed by atoms with Gasteiger partial charge in [0.1, 0.15) is 6.10 Å². The van der Waals surface area contributed by atoms with Crippen molar-refractivity contribution in [1.82, 2.24) is 16.2 Å². The molecule has 1 saturated heterocycles. The van der Waals surface area contributed by atoms with E-state index in [1.807, 2.05) is 13.0 Å². The van der Waals surface area contributed by atoms with Crippen LogP contribution in [0.5, 0.6) is 0 Å². The third-order valence-electron chi connectivity index (χ3n) is 5.97. The largest absolute Gasteiger partial charge is 0.442 e. The van der Waals surface area contributed by atoms with Crippen LogP contribution >= 0.6 is 0 Å². The van der Waals surface area contributed by atoms with Crippen LogP contribution in [0.15, 0.2) is 24.3 Å². The number of hydrogen-bond donors (Lipinski definition) is 3. The molecule has 26 heavy (non-hydrogen) atoms. The first-order chi connectivity index (χ1) is 12.6. The van der Waals surface area contributed by atoms with E-state index in [4.69, 9.17) is 9.47 Å². The van der Waals surface area contributed by atoms with E-state index in [-0.39, 0.29) is 30.4 Å². The van der Waals surface area contributed by atoms with Gasteiger partial charge in [-0.05, 0) is 56.6 Å². The Balaban J connectivity index is 1.62. The summed E-state index contributed by atoms with van der Waals surface area (Å²) < 4.78 is 11.8. The first kappa shape index (κ1) is 17.8. The molecule has 1 aromatic rings. The van der Waals surface area contributed by atoms with Gasteiger partial charge >= 0.3 is 6.09 Å². The Hall–Kier alpha value is -1.63. The number of fused-ring (bicyclic) bond motifs is 4. The molecule has 6 nitrogen and oxygen atoms in total. The fourth-order valence-corrected chi connectivity index (χ4v) is 4.52. The van der Waals surface area contributed by atoms with Crippen molar-refractivity contribution in [2.45, 2.75) is 69.9 Å². The molecule has 1 aromatic carbocycles. The Bertz CT molecular complexity index is 653. The Morgan fingerprint density at radius 2 is 1.92 bits per heavy atom. The van der Waals surface area contributed by atoms with Crippen molar-refractivity contribution < 1.29 is 14.3 Å². The normalized spacial score (nSPS) is 37.8. The summed E-state index contributed by atoms with van der Waals surface area (Å²) in [6, 6.07) is 9.14. The Kier molecular flexibility index (Phi) is 5.16. The zero-order valence-corrected chi connectivity index (χ0v) is 15.5. The molecule has 142 valence electrons. The predicted octanol–water partition coefficient (Wildman–Crippen LogP) is 2.97. The highest BCUT2D eigenvalue weighted by Crippen LogP contribution is 2.39. The number of cyclic esters (lactones) is 1. The summed E-state index contributed by atoms with van der Waals surface area (Å²) in [6.07, 6.45) is 3.82. The van der Waals surface area contributed by atoms with Gasteiger partial charge in [0.25, 0.3) is 0 Å². The first-order valence-corrected chi connectivity index (χ1v) is 9.81. The molecule has 1 amide bonds. The lowest BCUT2D eigenvalue weighted by Crippen LogP contribution is -2.38. The van der Waals surface area contributed by atoms with Crippen molar-refractivity contribution in [3.63, 3.8) is 0 Å². The summed E-state index contributed by atoms with van der Waals surface area (Å²) in [6.45, 7) is 4.57. The lowest BCUT2D eigenvalue weighted by Gasteiger charge is -2.34. The number of benzene rings is 1. The van der Waals surface area contributed by atoms with Crippen LogP contribution in [0.25, 0.3) is 0 Å². The molecule has 2 heterocycles. The molecule has 3 aliphatic rings. The molecule has 3 N–H and O–H groups in total. The van der Waals surface area contributed by atoms with Gasteiger partial charge in [-0.3, -0.25) is 5.43 Å². The molecule has 6 atom stereocenters. The summed E-state index contributed by atoms with van der Waals surface area (Å²) in [7, 11) is 0. The second-order valence-electron chi connectivity index (χ2n) is 7.85. The summed E-state index contributed by atoms with van der Waals surface area (Å²) in [5.41, 5.74) is 9.24. The molecule has 4 bridgehead atoms. The number of amides is 1. The molecule has 6 heteroatoms. The second kappa shape index (κ2) is 7.55. The Morgan fingerprint density at radius 3 is 2.81 bits per heavy atom. The van der Waals surface area contributed by atoms with Crippen LogP contribution < -0.4 is 16.2 Å². The number of carbonyl (C=O) groups excluding carboxylic acids is 1. The Morgan fingerprint density at radius 1 is 1.08 bits per heavy atom. The zero-order valence-electron chi connectivity index (χ0n) is 15.5. The zero-order chi connectivity index (χ0) is 18.1. The maximum absolute atomic E-state index is 12.0. The van der Waals surface area contributed by atoms with Gasteiger partial charge < -0.3 is 14.8 Å². The molecular weight excluding hydrogens is 330 g/mol.